The molecule has 0 bridgehead atoms. The van der Waals surface area contributed by atoms with E-state index in [1.165, 1.54) is 0 Å². The van der Waals surface area contributed by atoms with Gasteiger partial charge in [0.15, 0.2) is 0 Å². The van der Waals surface area contributed by atoms with Crippen molar-refractivity contribution in [2.45, 2.75) is 45.6 Å². The van der Waals surface area contributed by atoms with Crippen molar-refractivity contribution in [1.29, 1.82) is 0 Å². The first kappa shape index (κ1) is 16.1. The number of likely N-dealkylation sites (tertiary alicyclic amines) is 2. The number of carboxylic acid groups (broad SMARTS) is 1. The van der Waals surface area contributed by atoms with Gasteiger partial charge in [0.05, 0.1) is 11.5 Å². The van der Waals surface area contributed by atoms with Gasteiger partial charge in [0.25, 0.3) is 0 Å². The van der Waals surface area contributed by atoms with Crippen molar-refractivity contribution in [3.8, 4) is 0 Å². The Morgan fingerprint density at radius 2 is 2.00 bits per heavy atom. The first-order valence-electron chi connectivity index (χ1n) is 7.85. The molecule has 2 amide bonds. The minimum absolute atomic E-state index is 0.0356. The van der Waals surface area contributed by atoms with E-state index in [0.717, 1.165) is 25.8 Å². The van der Waals surface area contributed by atoms with Gasteiger partial charge in [0.1, 0.15) is 0 Å². The first-order chi connectivity index (χ1) is 9.96. The molecule has 2 atom stereocenters. The number of hydrogen-bond donors (Lipinski definition) is 1. The summed E-state index contributed by atoms with van der Waals surface area (Å²) in [5, 5.41) is 9.35. The number of amides is 2. The second-order valence-electron chi connectivity index (χ2n) is 6.34. The van der Waals surface area contributed by atoms with Crippen LogP contribution in [0.15, 0.2) is 0 Å². The molecule has 2 fully saturated rings. The van der Waals surface area contributed by atoms with Crippen LogP contribution in [0.2, 0.25) is 0 Å². The molecule has 2 saturated heterocycles. The SMILES string of the molecule is CCOC1CCCN(C(=O)N2CCCC(C)(C(=O)O)C2)C1. The highest BCUT2D eigenvalue weighted by Gasteiger charge is 2.40. The molecule has 0 spiro atoms. The maximum Gasteiger partial charge on any atom is 0.320 e. The summed E-state index contributed by atoms with van der Waals surface area (Å²) in [6.07, 6.45) is 3.43. The number of piperidine rings is 2. The van der Waals surface area contributed by atoms with Gasteiger partial charge >= 0.3 is 12.0 Å². The summed E-state index contributed by atoms with van der Waals surface area (Å²) in [7, 11) is 0. The van der Waals surface area contributed by atoms with E-state index in [-0.39, 0.29) is 12.1 Å². The van der Waals surface area contributed by atoms with E-state index >= 15 is 0 Å². The molecule has 21 heavy (non-hydrogen) atoms. The molecular formula is C15H26N2O4. The predicted molar refractivity (Wildman–Crippen MR) is 78.2 cm³/mol. The molecule has 6 heteroatoms. The lowest BCUT2D eigenvalue weighted by molar-refractivity contribution is -0.150. The van der Waals surface area contributed by atoms with Crippen molar-refractivity contribution in [2.24, 2.45) is 5.41 Å². The average molecular weight is 298 g/mol. The molecule has 2 rings (SSSR count). The Kier molecular flexibility index (Phi) is 5.08. The lowest BCUT2D eigenvalue weighted by Crippen LogP contribution is -2.55. The Hall–Kier alpha value is -1.30. The monoisotopic (exact) mass is 298 g/mol. The molecule has 0 saturated carbocycles. The molecule has 2 aliphatic rings. The van der Waals surface area contributed by atoms with Crippen LogP contribution in [0.25, 0.3) is 0 Å². The highest BCUT2D eigenvalue weighted by Crippen LogP contribution is 2.30. The molecular weight excluding hydrogens is 272 g/mol. The minimum atomic E-state index is -0.816. The van der Waals surface area contributed by atoms with Crippen molar-refractivity contribution in [3.05, 3.63) is 0 Å². The van der Waals surface area contributed by atoms with Gasteiger partial charge in [-0.25, -0.2) is 4.79 Å². The zero-order valence-electron chi connectivity index (χ0n) is 13.0. The number of carboxylic acids is 1. The summed E-state index contributed by atoms with van der Waals surface area (Å²) in [5.74, 6) is -0.814. The summed E-state index contributed by atoms with van der Waals surface area (Å²) in [6.45, 7) is 6.66. The number of ether oxygens (including phenoxy) is 1. The van der Waals surface area contributed by atoms with Gasteiger partial charge in [-0.05, 0) is 39.5 Å². The molecule has 2 unspecified atom stereocenters. The van der Waals surface area contributed by atoms with Gasteiger partial charge in [-0.3, -0.25) is 4.79 Å². The highest BCUT2D eigenvalue weighted by molar-refractivity contribution is 5.78. The van der Waals surface area contributed by atoms with Gasteiger partial charge in [0.2, 0.25) is 0 Å². The standard InChI is InChI=1S/C15H26N2O4/c1-3-21-12-6-4-8-16(10-12)14(20)17-9-5-7-15(2,11-17)13(18)19/h12H,3-11H2,1-2H3,(H,18,19). The number of nitrogens with zero attached hydrogens (tertiary/aromatic N) is 2. The molecule has 0 aromatic heterocycles. The van der Waals surface area contributed by atoms with Crippen LogP contribution in [-0.2, 0) is 9.53 Å². The third-order valence-corrected chi connectivity index (χ3v) is 4.53. The Bertz CT molecular complexity index is 399. The van der Waals surface area contributed by atoms with E-state index in [9.17, 15) is 14.7 Å². The Labute approximate surface area is 126 Å². The fourth-order valence-electron chi connectivity index (χ4n) is 3.26. The average Bonchev–Trinajstić information content (AvgIpc) is 2.47. The summed E-state index contributed by atoms with van der Waals surface area (Å²) >= 11 is 0. The molecule has 0 radical (unpaired) electrons. The number of rotatable bonds is 3. The fourth-order valence-corrected chi connectivity index (χ4v) is 3.26. The van der Waals surface area contributed by atoms with Crippen LogP contribution in [0, 0.1) is 5.41 Å². The lowest BCUT2D eigenvalue weighted by Gasteiger charge is -2.41. The van der Waals surface area contributed by atoms with Gasteiger partial charge < -0.3 is 19.6 Å². The maximum absolute atomic E-state index is 12.6. The fraction of sp³-hybridized carbons (Fsp3) is 0.867. The minimum Gasteiger partial charge on any atom is -0.481 e. The first-order valence-corrected chi connectivity index (χ1v) is 7.85. The second-order valence-corrected chi connectivity index (χ2v) is 6.34. The van der Waals surface area contributed by atoms with Gasteiger partial charge in [-0.1, -0.05) is 0 Å². The maximum atomic E-state index is 12.6. The number of urea groups is 1. The highest BCUT2D eigenvalue weighted by atomic mass is 16.5. The Morgan fingerprint density at radius 3 is 2.67 bits per heavy atom. The molecule has 120 valence electrons. The molecule has 6 nitrogen and oxygen atoms in total. The van der Waals surface area contributed by atoms with Gasteiger partial charge in [-0.2, -0.15) is 0 Å². The number of hydrogen-bond acceptors (Lipinski definition) is 3. The quantitative estimate of drug-likeness (QED) is 0.862. The van der Waals surface area contributed by atoms with Gasteiger partial charge in [-0.15, -0.1) is 0 Å². The van der Waals surface area contributed by atoms with E-state index in [1.54, 1.807) is 11.8 Å². The number of aliphatic carboxylic acids is 1. The van der Waals surface area contributed by atoms with Crippen LogP contribution in [-0.4, -0.2) is 65.8 Å². The summed E-state index contributed by atoms with van der Waals surface area (Å²) < 4.78 is 5.62. The van der Waals surface area contributed by atoms with E-state index in [4.69, 9.17) is 4.74 Å². The topological polar surface area (TPSA) is 70.1 Å². The van der Waals surface area contributed by atoms with Crippen LogP contribution in [0.3, 0.4) is 0 Å². The zero-order valence-corrected chi connectivity index (χ0v) is 13.0. The van der Waals surface area contributed by atoms with Crippen LogP contribution in [0.4, 0.5) is 4.79 Å². The summed E-state index contributed by atoms with van der Waals surface area (Å²) in [6, 6.07) is -0.0356. The predicted octanol–water partition coefficient (Wildman–Crippen LogP) is 1.79. The third-order valence-electron chi connectivity index (χ3n) is 4.53. The van der Waals surface area contributed by atoms with Crippen LogP contribution in [0.5, 0.6) is 0 Å². The van der Waals surface area contributed by atoms with Crippen molar-refractivity contribution in [1.82, 2.24) is 9.80 Å². The normalized spacial score (nSPS) is 30.3. The van der Waals surface area contributed by atoms with Crippen molar-refractivity contribution in [2.75, 3.05) is 32.8 Å². The van der Waals surface area contributed by atoms with Gasteiger partial charge in [0, 0.05) is 32.8 Å². The summed E-state index contributed by atoms with van der Waals surface area (Å²) in [4.78, 5) is 27.5. The van der Waals surface area contributed by atoms with Crippen LogP contribution < -0.4 is 0 Å². The van der Waals surface area contributed by atoms with Crippen LogP contribution in [0.1, 0.15) is 39.5 Å². The van der Waals surface area contributed by atoms with Crippen molar-refractivity contribution >= 4 is 12.0 Å². The van der Waals surface area contributed by atoms with E-state index < -0.39 is 11.4 Å². The molecule has 0 aliphatic carbocycles. The number of carbonyl (C=O) groups excluding carboxylic acids is 1. The second kappa shape index (κ2) is 6.64. The summed E-state index contributed by atoms with van der Waals surface area (Å²) in [5.41, 5.74) is -0.816. The number of carbonyl (C=O) groups is 2. The smallest absolute Gasteiger partial charge is 0.320 e. The Morgan fingerprint density at radius 1 is 1.29 bits per heavy atom. The largest absolute Gasteiger partial charge is 0.481 e. The van der Waals surface area contributed by atoms with E-state index in [2.05, 4.69) is 0 Å². The lowest BCUT2D eigenvalue weighted by atomic mass is 9.82. The molecule has 0 aromatic rings. The Balaban J connectivity index is 1.97. The molecule has 0 aromatic carbocycles. The van der Waals surface area contributed by atoms with E-state index in [0.29, 0.717) is 32.7 Å². The third kappa shape index (κ3) is 3.67. The molecule has 1 N–H and O–H groups in total. The van der Waals surface area contributed by atoms with Crippen molar-refractivity contribution < 1.29 is 19.4 Å². The van der Waals surface area contributed by atoms with E-state index in [1.807, 2.05) is 11.8 Å². The molecule has 2 heterocycles. The molecule has 2 aliphatic heterocycles. The van der Waals surface area contributed by atoms with Crippen LogP contribution >= 0.6 is 0 Å². The zero-order chi connectivity index (χ0) is 15.5. The van der Waals surface area contributed by atoms with Crippen molar-refractivity contribution in [3.63, 3.8) is 0 Å².